The molecule has 1 spiro atoms. The van der Waals surface area contributed by atoms with Gasteiger partial charge in [-0.3, -0.25) is 4.79 Å². The number of hydrogen-bond acceptors (Lipinski definition) is 10. The lowest BCUT2D eigenvalue weighted by atomic mass is 9.40. The number of hydrogen-bond donors (Lipinski definition) is 5. The summed E-state index contributed by atoms with van der Waals surface area (Å²) in [6.07, 6.45) is 0.645. The van der Waals surface area contributed by atoms with Crippen molar-refractivity contribution in [1.82, 2.24) is 5.32 Å². The van der Waals surface area contributed by atoms with Crippen LogP contribution in [0, 0.1) is 34.5 Å². The molecule has 0 saturated heterocycles. The smallest absolute Gasteiger partial charge is 0.335 e. The van der Waals surface area contributed by atoms with Gasteiger partial charge in [0.15, 0.2) is 0 Å². The standard InChI is InChI=1S/C29H51NO8.C7H6O2/c1-8-26(34)13-20-17(3)29-19(12-28(20,23(33)14-26)38-18(4)31)10-21(36-6)25(29)27(16-35-5,15-30-9-2)22(32)11-24(29)37-7;8-7(9)6-4-2-1-3-5-6/h17,19-25,30,32-34H,8-16H2,1-7H3;1-5H,(H,8,9)/t17?,19?,20?,21?,22?,23?,24?,25?,26-,27?,28+,29?;/m1./s1. The first-order valence-corrected chi connectivity index (χ1v) is 17.1. The summed E-state index contributed by atoms with van der Waals surface area (Å²) in [5.41, 5.74) is -2.88. The second kappa shape index (κ2) is 14.8. The third-order valence-corrected chi connectivity index (χ3v) is 12.5. The fourth-order valence-corrected chi connectivity index (χ4v) is 10.6. The van der Waals surface area contributed by atoms with Crippen LogP contribution in [-0.4, -0.2) is 109 Å². The highest BCUT2D eigenvalue weighted by Crippen LogP contribution is 2.73. The van der Waals surface area contributed by atoms with E-state index in [2.05, 4.69) is 19.2 Å². The number of fused-ring (bicyclic) bond motifs is 1. The van der Waals surface area contributed by atoms with E-state index in [-0.39, 0.29) is 42.3 Å². The third-order valence-electron chi connectivity index (χ3n) is 12.5. The molecule has 4 aliphatic rings. The molecule has 0 aromatic heterocycles. The normalized spacial score (nSPS) is 42.3. The van der Waals surface area contributed by atoms with Gasteiger partial charge in [-0.05, 0) is 56.2 Å². The van der Waals surface area contributed by atoms with Crippen LogP contribution in [0.1, 0.15) is 76.6 Å². The van der Waals surface area contributed by atoms with Gasteiger partial charge in [-0.1, -0.05) is 39.0 Å². The van der Waals surface area contributed by atoms with Crippen molar-refractivity contribution in [3.05, 3.63) is 35.9 Å². The van der Waals surface area contributed by atoms with E-state index >= 15 is 0 Å². The first-order valence-electron chi connectivity index (χ1n) is 17.1. The fourth-order valence-electron chi connectivity index (χ4n) is 10.6. The summed E-state index contributed by atoms with van der Waals surface area (Å²) in [4.78, 5) is 22.7. The van der Waals surface area contributed by atoms with Crippen LogP contribution >= 0.6 is 0 Å². The third kappa shape index (κ3) is 6.37. The van der Waals surface area contributed by atoms with Gasteiger partial charge in [-0.2, -0.15) is 0 Å². The molecule has 10 unspecified atom stereocenters. The molecule has 1 aromatic rings. The van der Waals surface area contributed by atoms with Crippen LogP contribution in [0.15, 0.2) is 30.3 Å². The quantitative estimate of drug-likeness (QED) is 0.234. The summed E-state index contributed by atoms with van der Waals surface area (Å²) in [6, 6.07) is 8.30. The molecule has 4 saturated carbocycles. The van der Waals surface area contributed by atoms with Gasteiger partial charge in [0.2, 0.25) is 0 Å². The molecule has 1 aromatic carbocycles. The molecular formula is C36H57NO10. The lowest BCUT2D eigenvalue weighted by Gasteiger charge is -2.68. The summed E-state index contributed by atoms with van der Waals surface area (Å²) in [6.45, 7) is 9.28. The second-order valence-corrected chi connectivity index (χ2v) is 14.4. The summed E-state index contributed by atoms with van der Waals surface area (Å²) in [5.74, 6) is -1.79. The van der Waals surface area contributed by atoms with Gasteiger partial charge in [-0.15, -0.1) is 0 Å². The van der Waals surface area contributed by atoms with E-state index in [1.807, 2.05) is 6.92 Å². The molecule has 5 rings (SSSR count). The Labute approximate surface area is 279 Å². The van der Waals surface area contributed by atoms with Gasteiger partial charge in [0.25, 0.3) is 0 Å². The number of nitrogens with one attached hydrogen (secondary N) is 1. The van der Waals surface area contributed by atoms with E-state index < -0.39 is 46.2 Å². The minimum Gasteiger partial charge on any atom is -0.478 e. The zero-order valence-electron chi connectivity index (χ0n) is 29.1. The first-order chi connectivity index (χ1) is 22.3. The Morgan fingerprint density at radius 2 is 1.66 bits per heavy atom. The predicted octanol–water partition coefficient (Wildman–Crippen LogP) is 3.28. The summed E-state index contributed by atoms with van der Waals surface area (Å²) >= 11 is 0. The Balaban J connectivity index is 0.000000479. The highest BCUT2D eigenvalue weighted by Gasteiger charge is 2.77. The molecule has 0 amide bonds. The van der Waals surface area contributed by atoms with Gasteiger partial charge >= 0.3 is 11.9 Å². The summed E-state index contributed by atoms with van der Waals surface area (Å²) in [5, 5.41) is 46.8. The Morgan fingerprint density at radius 3 is 2.17 bits per heavy atom. The average Bonchev–Trinajstić information content (AvgIpc) is 3.39. The van der Waals surface area contributed by atoms with E-state index in [9.17, 15) is 24.9 Å². The average molecular weight is 664 g/mol. The number of carboxylic acid groups (broad SMARTS) is 1. The van der Waals surface area contributed by atoms with Crippen molar-refractivity contribution in [2.24, 2.45) is 34.5 Å². The largest absolute Gasteiger partial charge is 0.478 e. The van der Waals surface area contributed by atoms with Crippen LogP contribution < -0.4 is 5.32 Å². The molecule has 47 heavy (non-hydrogen) atoms. The molecule has 4 fully saturated rings. The summed E-state index contributed by atoms with van der Waals surface area (Å²) in [7, 11) is 5.12. The second-order valence-electron chi connectivity index (χ2n) is 14.4. The number of carbonyl (C=O) groups is 2. The van der Waals surface area contributed by atoms with Crippen molar-refractivity contribution in [3.8, 4) is 0 Å². The maximum Gasteiger partial charge on any atom is 0.335 e. The van der Waals surface area contributed by atoms with E-state index in [1.54, 1.807) is 51.7 Å². The monoisotopic (exact) mass is 663 g/mol. The number of benzene rings is 1. The maximum absolute atomic E-state index is 12.5. The van der Waals surface area contributed by atoms with E-state index in [4.69, 9.17) is 24.1 Å². The molecule has 0 radical (unpaired) electrons. The summed E-state index contributed by atoms with van der Waals surface area (Å²) < 4.78 is 24.5. The SMILES string of the molecule is CCNCC1(COC)C(O)CC(OC)C23C(CC(OC)C12)C[C@@]1(OC(C)=O)C(O)C[C@@](O)(CC)CC1C3C.O=C(O)c1ccccc1. The van der Waals surface area contributed by atoms with Crippen LogP contribution in [0.2, 0.25) is 0 Å². The van der Waals surface area contributed by atoms with Crippen molar-refractivity contribution >= 4 is 11.9 Å². The van der Waals surface area contributed by atoms with Gasteiger partial charge in [-0.25, -0.2) is 4.79 Å². The number of carboxylic acids is 1. The molecule has 11 nitrogen and oxygen atoms in total. The van der Waals surface area contributed by atoms with Crippen molar-refractivity contribution < 1.29 is 49.0 Å². The van der Waals surface area contributed by atoms with E-state index in [0.29, 0.717) is 50.8 Å². The Bertz CT molecular complexity index is 1220. The van der Waals surface area contributed by atoms with Gasteiger partial charge in [0.05, 0.1) is 42.2 Å². The number of ether oxygens (including phenoxy) is 4. The number of methoxy groups -OCH3 is 3. The Morgan fingerprint density at radius 1 is 0.979 bits per heavy atom. The molecule has 4 aliphatic carbocycles. The number of aromatic carboxylic acids is 1. The number of rotatable bonds is 10. The molecule has 12 atom stereocenters. The van der Waals surface area contributed by atoms with Crippen molar-refractivity contribution in [3.63, 3.8) is 0 Å². The Hall–Kier alpha value is -2.12. The van der Waals surface area contributed by atoms with Gasteiger partial charge in [0, 0.05) is 70.3 Å². The predicted molar refractivity (Wildman–Crippen MR) is 175 cm³/mol. The van der Waals surface area contributed by atoms with Gasteiger partial charge in [0.1, 0.15) is 5.60 Å². The molecule has 0 bridgehead atoms. The van der Waals surface area contributed by atoms with E-state index in [1.165, 1.54) is 6.92 Å². The minimum absolute atomic E-state index is 0.0147. The number of carbonyl (C=O) groups excluding carboxylic acids is 1. The fraction of sp³-hybridized carbons (Fsp3) is 0.778. The van der Waals surface area contributed by atoms with Crippen LogP contribution in [0.3, 0.4) is 0 Å². The number of aliphatic hydroxyl groups is 3. The molecule has 11 heteroatoms. The van der Waals surface area contributed by atoms with Crippen LogP contribution in [0.25, 0.3) is 0 Å². The lowest BCUT2D eigenvalue weighted by molar-refractivity contribution is -0.299. The lowest BCUT2D eigenvalue weighted by Crippen LogP contribution is -2.74. The van der Waals surface area contributed by atoms with Crippen LogP contribution in [0.5, 0.6) is 0 Å². The topological polar surface area (TPSA) is 164 Å². The maximum atomic E-state index is 12.5. The van der Waals surface area contributed by atoms with Gasteiger partial charge < -0.3 is 44.7 Å². The zero-order valence-corrected chi connectivity index (χ0v) is 29.1. The first kappa shape index (κ1) is 37.7. The molecule has 5 N–H and O–H groups in total. The highest BCUT2D eigenvalue weighted by molar-refractivity contribution is 5.87. The molecule has 266 valence electrons. The zero-order chi connectivity index (χ0) is 34.8. The van der Waals surface area contributed by atoms with E-state index in [0.717, 1.165) is 6.54 Å². The molecule has 0 aliphatic heterocycles. The van der Waals surface area contributed by atoms with Crippen LogP contribution in [0.4, 0.5) is 0 Å². The molecule has 0 heterocycles. The highest BCUT2D eigenvalue weighted by atomic mass is 16.6. The van der Waals surface area contributed by atoms with Crippen molar-refractivity contribution in [1.29, 1.82) is 0 Å². The minimum atomic E-state index is -1.09. The van der Waals surface area contributed by atoms with Crippen molar-refractivity contribution in [2.75, 3.05) is 41.0 Å². The molecular weight excluding hydrogens is 606 g/mol. The number of aliphatic hydroxyl groups excluding tert-OH is 2. The Kier molecular flexibility index (Phi) is 11.9. The van der Waals surface area contributed by atoms with Crippen molar-refractivity contribution in [2.45, 2.75) is 102 Å². The number of esters is 1. The van der Waals surface area contributed by atoms with Crippen LogP contribution in [-0.2, 0) is 23.7 Å².